The van der Waals surface area contributed by atoms with Crippen molar-refractivity contribution < 1.29 is 9.53 Å². The highest BCUT2D eigenvalue weighted by Gasteiger charge is 2.16. The Morgan fingerprint density at radius 3 is 2.85 bits per heavy atom. The monoisotopic (exact) mass is 354 g/mol. The number of ether oxygens (including phenoxy) is 1. The number of unbranched alkanes of at least 4 members (excludes halogenated alkanes) is 1. The van der Waals surface area contributed by atoms with Crippen molar-refractivity contribution in [3.8, 4) is 22.8 Å². The summed E-state index contributed by atoms with van der Waals surface area (Å²) < 4.78 is 8.94. The van der Waals surface area contributed by atoms with Crippen molar-refractivity contribution in [3.63, 3.8) is 0 Å². The smallest absolute Gasteiger partial charge is 0.225 e. The van der Waals surface area contributed by atoms with E-state index in [9.17, 15) is 4.79 Å². The van der Waals surface area contributed by atoms with E-state index in [1.165, 1.54) is 0 Å². The van der Waals surface area contributed by atoms with E-state index in [-0.39, 0.29) is 6.42 Å². The molecule has 26 heavy (non-hydrogen) atoms. The summed E-state index contributed by atoms with van der Waals surface area (Å²) in [5.41, 5.74) is 6.92. The molecule has 8 heteroatoms. The Kier molecular flexibility index (Phi) is 5.31. The third-order valence-electron chi connectivity index (χ3n) is 3.94. The fraction of sp³-hybridized carbons (Fsp3) is 0.333. The molecule has 2 aromatic heterocycles. The van der Waals surface area contributed by atoms with Crippen LogP contribution < -0.4 is 10.5 Å². The molecule has 0 aliphatic rings. The van der Waals surface area contributed by atoms with Gasteiger partial charge in [-0.05, 0) is 18.6 Å². The van der Waals surface area contributed by atoms with Crippen molar-refractivity contribution in [1.29, 1.82) is 0 Å². The Labute approximate surface area is 151 Å². The Balaban J connectivity index is 1.97. The number of nitrogens with zero attached hydrogens (tertiary/aromatic N) is 5. The normalized spacial score (nSPS) is 10.8. The van der Waals surface area contributed by atoms with Gasteiger partial charge >= 0.3 is 0 Å². The summed E-state index contributed by atoms with van der Waals surface area (Å²) in [6.07, 6.45) is 5.62. The van der Waals surface area contributed by atoms with Gasteiger partial charge in [0.1, 0.15) is 11.4 Å². The Hall–Kier alpha value is -3.16. The molecule has 2 heterocycles. The van der Waals surface area contributed by atoms with Crippen LogP contribution in [0.1, 0.15) is 25.6 Å². The second kappa shape index (κ2) is 7.81. The van der Waals surface area contributed by atoms with Gasteiger partial charge < -0.3 is 10.5 Å². The number of carbonyl (C=O) groups is 1. The molecule has 0 spiro atoms. The number of aryl methyl sites for hydroxylation is 1. The molecule has 0 radical (unpaired) electrons. The number of hydrogen-bond donors (Lipinski definition) is 1. The van der Waals surface area contributed by atoms with E-state index in [2.05, 4.69) is 22.1 Å². The van der Waals surface area contributed by atoms with Gasteiger partial charge in [0.15, 0.2) is 11.6 Å². The maximum atomic E-state index is 11.2. The summed E-state index contributed by atoms with van der Waals surface area (Å²) >= 11 is 0. The van der Waals surface area contributed by atoms with Crippen molar-refractivity contribution >= 4 is 5.91 Å². The number of aromatic nitrogens is 5. The Morgan fingerprint density at radius 2 is 2.12 bits per heavy atom. The van der Waals surface area contributed by atoms with Gasteiger partial charge in [-0.2, -0.15) is 10.2 Å². The largest absolute Gasteiger partial charge is 0.494 e. The summed E-state index contributed by atoms with van der Waals surface area (Å²) in [5.74, 6) is 1.38. The highest BCUT2D eigenvalue weighted by atomic mass is 16.5. The fourth-order valence-electron chi connectivity index (χ4n) is 2.69. The number of primary amides is 1. The van der Waals surface area contributed by atoms with E-state index < -0.39 is 5.91 Å². The van der Waals surface area contributed by atoms with Gasteiger partial charge in [0.25, 0.3) is 0 Å². The summed E-state index contributed by atoms with van der Waals surface area (Å²) in [6, 6.07) is 7.64. The zero-order chi connectivity index (χ0) is 18.5. The van der Waals surface area contributed by atoms with E-state index in [0.717, 1.165) is 36.4 Å². The lowest BCUT2D eigenvalue weighted by Gasteiger charge is -2.07. The molecule has 1 aromatic carbocycles. The number of carbonyl (C=O) groups excluding carboxylic acids is 1. The molecule has 0 aliphatic heterocycles. The van der Waals surface area contributed by atoms with Crippen LogP contribution in [0, 0.1) is 0 Å². The maximum Gasteiger partial charge on any atom is 0.225 e. The van der Waals surface area contributed by atoms with Crippen LogP contribution in [-0.4, -0.2) is 37.6 Å². The van der Waals surface area contributed by atoms with E-state index >= 15 is 0 Å². The first-order valence-electron chi connectivity index (χ1n) is 8.52. The number of methoxy groups -OCH3 is 1. The highest BCUT2D eigenvalue weighted by molar-refractivity contribution is 5.75. The summed E-state index contributed by atoms with van der Waals surface area (Å²) in [5, 5.41) is 8.85. The van der Waals surface area contributed by atoms with Gasteiger partial charge in [0, 0.05) is 12.7 Å². The zero-order valence-corrected chi connectivity index (χ0v) is 14.9. The first-order chi connectivity index (χ1) is 12.6. The molecule has 136 valence electrons. The van der Waals surface area contributed by atoms with Crippen LogP contribution in [-0.2, 0) is 17.8 Å². The molecule has 3 aromatic rings. The average molecular weight is 354 g/mol. The van der Waals surface area contributed by atoms with Gasteiger partial charge in [-0.25, -0.2) is 14.3 Å². The molecule has 3 rings (SSSR count). The zero-order valence-electron chi connectivity index (χ0n) is 14.9. The number of benzene rings is 1. The molecule has 0 saturated heterocycles. The molecule has 1 amide bonds. The first-order valence-corrected chi connectivity index (χ1v) is 8.52. The van der Waals surface area contributed by atoms with Gasteiger partial charge in [-0.3, -0.25) is 4.79 Å². The molecular weight excluding hydrogens is 332 g/mol. The SMILES string of the molecule is CCCCn1nc(CC(N)=O)nc1-c1cnn(-c2ccccc2OC)c1. The van der Waals surface area contributed by atoms with Crippen molar-refractivity contribution in [1.82, 2.24) is 24.5 Å². The second-order valence-electron chi connectivity index (χ2n) is 5.92. The molecule has 2 N–H and O–H groups in total. The molecule has 0 aliphatic carbocycles. The molecule has 8 nitrogen and oxygen atoms in total. The lowest BCUT2D eigenvalue weighted by Crippen LogP contribution is -2.14. The van der Waals surface area contributed by atoms with Crippen LogP contribution in [0.4, 0.5) is 0 Å². The van der Waals surface area contributed by atoms with Crippen molar-refractivity contribution in [2.45, 2.75) is 32.7 Å². The van der Waals surface area contributed by atoms with Crippen LogP contribution in [0.2, 0.25) is 0 Å². The Bertz CT molecular complexity index is 899. The molecule has 0 unspecified atom stereocenters. The topological polar surface area (TPSA) is 101 Å². The predicted octanol–water partition coefficient (Wildman–Crippen LogP) is 1.97. The number of nitrogens with two attached hydrogens (primary N) is 1. The fourth-order valence-corrected chi connectivity index (χ4v) is 2.69. The standard InChI is InChI=1S/C18H22N6O2/c1-3-4-9-23-18(21-17(22-23)10-16(19)25)13-11-20-24(12-13)14-7-5-6-8-15(14)26-2/h5-8,11-12H,3-4,9-10H2,1-2H3,(H2,19,25). The van der Waals surface area contributed by atoms with E-state index in [0.29, 0.717) is 11.6 Å². The van der Waals surface area contributed by atoms with E-state index in [1.807, 2.05) is 35.1 Å². The average Bonchev–Trinajstić information content (AvgIpc) is 3.26. The summed E-state index contributed by atoms with van der Waals surface area (Å²) in [4.78, 5) is 15.7. The van der Waals surface area contributed by atoms with Crippen molar-refractivity contribution in [3.05, 3.63) is 42.5 Å². The minimum atomic E-state index is -0.450. The number of rotatable bonds is 8. The number of amides is 1. The first kappa shape index (κ1) is 17.7. The van der Waals surface area contributed by atoms with Gasteiger partial charge in [0.2, 0.25) is 5.91 Å². The van der Waals surface area contributed by atoms with Gasteiger partial charge in [-0.1, -0.05) is 25.5 Å². The molecular formula is C18H22N6O2. The van der Waals surface area contributed by atoms with E-state index in [1.54, 1.807) is 18.0 Å². The lowest BCUT2D eigenvalue weighted by molar-refractivity contribution is -0.117. The van der Waals surface area contributed by atoms with Crippen LogP contribution in [0.25, 0.3) is 17.1 Å². The molecule has 0 saturated carbocycles. The van der Waals surface area contributed by atoms with Gasteiger partial charge in [-0.15, -0.1) is 0 Å². The Morgan fingerprint density at radius 1 is 1.31 bits per heavy atom. The number of para-hydroxylation sites is 2. The number of hydrogen-bond acceptors (Lipinski definition) is 5. The van der Waals surface area contributed by atoms with Crippen LogP contribution in [0.5, 0.6) is 5.75 Å². The van der Waals surface area contributed by atoms with Crippen LogP contribution in [0.3, 0.4) is 0 Å². The molecule has 0 bridgehead atoms. The predicted molar refractivity (Wildman–Crippen MR) is 96.9 cm³/mol. The second-order valence-corrected chi connectivity index (χ2v) is 5.92. The van der Waals surface area contributed by atoms with Gasteiger partial charge in [0.05, 0.1) is 25.3 Å². The summed E-state index contributed by atoms with van der Waals surface area (Å²) in [7, 11) is 1.63. The van der Waals surface area contributed by atoms with Crippen LogP contribution >= 0.6 is 0 Å². The quantitative estimate of drug-likeness (QED) is 0.666. The molecule has 0 atom stereocenters. The van der Waals surface area contributed by atoms with Crippen LogP contribution in [0.15, 0.2) is 36.7 Å². The highest BCUT2D eigenvalue weighted by Crippen LogP contribution is 2.24. The van der Waals surface area contributed by atoms with E-state index in [4.69, 9.17) is 10.5 Å². The maximum absolute atomic E-state index is 11.2. The third kappa shape index (κ3) is 3.74. The molecule has 0 fully saturated rings. The van der Waals surface area contributed by atoms with Crippen molar-refractivity contribution in [2.75, 3.05) is 7.11 Å². The summed E-state index contributed by atoms with van der Waals surface area (Å²) in [6.45, 7) is 2.83. The lowest BCUT2D eigenvalue weighted by atomic mass is 10.3. The third-order valence-corrected chi connectivity index (χ3v) is 3.94. The minimum absolute atomic E-state index is 0.0206. The minimum Gasteiger partial charge on any atom is -0.494 e. The van der Waals surface area contributed by atoms with Crippen molar-refractivity contribution in [2.24, 2.45) is 5.73 Å².